The van der Waals surface area contributed by atoms with Crippen LogP contribution < -0.4 is 10.1 Å². The van der Waals surface area contributed by atoms with Crippen LogP contribution in [0.25, 0.3) is 10.9 Å². The maximum atomic E-state index is 12.0. The minimum absolute atomic E-state index is 0.281. The van der Waals surface area contributed by atoms with E-state index >= 15 is 0 Å². The van der Waals surface area contributed by atoms with Crippen LogP contribution in [0.2, 0.25) is 0 Å². The molecule has 4 rings (SSSR count). The van der Waals surface area contributed by atoms with Gasteiger partial charge in [0.05, 0.1) is 11.7 Å². The van der Waals surface area contributed by atoms with Crippen molar-refractivity contribution >= 4 is 34.0 Å². The summed E-state index contributed by atoms with van der Waals surface area (Å²) in [6.07, 6.45) is 4.85. The van der Waals surface area contributed by atoms with Crippen LogP contribution in [0.1, 0.15) is 9.80 Å². The fourth-order valence-electron chi connectivity index (χ4n) is 2.31. The Kier molecular flexibility index (Phi) is 4.05. The molecule has 1 N–H and O–H groups in total. The van der Waals surface area contributed by atoms with Crippen molar-refractivity contribution in [2.75, 3.05) is 5.32 Å². The molecule has 1 amide bonds. The standard InChI is InChI=1S/C18H12N4O2S/c23-17(18-20-9-10-25-18)22-16-6-5-12(11-21-16)24-15-7-8-19-14-4-2-1-3-13(14)15/h1-11H,(H,21,22,23). The van der Waals surface area contributed by atoms with Crippen LogP contribution in [0, 0.1) is 0 Å². The van der Waals surface area contributed by atoms with E-state index in [9.17, 15) is 4.79 Å². The van der Waals surface area contributed by atoms with Crippen molar-refractivity contribution in [1.29, 1.82) is 0 Å². The lowest BCUT2D eigenvalue weighted by molar-refractivity contribution is 0.102. The van der Waals surface area contributed by atoms with E-state index in [0.29, 0.717) is 22.3 Å². The molecule has 25 heavy (non-hydrogen) atoms. The Bertz CT molecular complexity index is 1010. The second kappa shape index (κ2) is 6.66. The average Bonchev–Trinajstić information content (AvgIpc) is 3.19. The minimum atomic E-state index is -0.281. The van der Waals surface area contributed by atoms with E-state index < -0.39 is 0 Å². The Morgan fingerprint density at radius 3 is 2.72 bits per heavy atom. The Balaban J connectivity index is 1.51. The van der Waals surface area contributed by atoms with Gasteiger partial charge in [-0.3, -0.25) is 9.78 Å². The number of anilines is 1. The SMILES string of the molecule is O=C(Nc1ccc(Oc2ccnc3ccccc23)cn1)c1nccs1. The van der Waals surface area contributed by atoms with Gasteiger partial charge >= 0.3 is 0 Å². The molecule has 0 spiro atoms. The van der Waals surface area contributed by atoms with E-state index in [0.717, 1.165) is 10.9 Å². The van der Waals surface area contributed by atoms with E-state index in [1.165, 1.54) is 11.3 Å². The van der Waals surface area contributed by atoms with Crippen molar-refractivity contribution in [2.24, 2.45) is 0 Å². The summed E-state index contributed by atoms with van der Waals surface area (Å²) in [6, 6.07) is 13.0. The molecule has 0 atom stereocenters. The van der Waals surface area contributed by atoms with E-state index in [1.807, 2.05) is 24.3 Å². The number of para-hydroxylation sites is 1. The van der Waals surface area contributed by atoms with Gasteiger partial charge in [0.2, 0.25) is 0 Å². The normalized spacial score (nSPS) is 10.6. The van der Waals surface area contributed by atoms with Crippen molar-refractivity contribution in [1.82, 2.24) is 15.0 Å². The number of hydrogen-bond donors (Lipinski definition) is 1. The number of fused-ring (bicyclic) bond motifs is 1. The van der Waals surface area contributed by atoms with Crippen molar-refractivity contribution in [2.45, 2.75) is 0 Å². The minimum Gasteiger partial charge on any atom is -0.455 e. The lowest BCUT2D eigenvalue weighted by Crippen LogP contribution is -2.12. The molecule has 1 aromatic carbocycles. The summed E-state index contributed by atoms with van der Waals surface area (Å²) in [6.45, 7) is 0. The van der Waals surface area contributed by atoms with Gasteiger partial charge in [0.25, 0.3) is 5.91 Å². The molecule has 0 radical (unpaired) electrons. The quantitative estimate of drug-likeness (QED) is 0.600. The molecule has 122 valence electrons. The largest absolute Gasteiger partial charge is 0.455 e. The van der Waals surface area contributed by atoms with Gasteiger partial charge < -0.3 is 10.1 Å². The third kappa shape index (κ3) is 3.31. The molecular weight excluding hydrogens is 336 g/mol. The number of thiazole rings is 1. The Labute approximate surface area is 147 Å². The van der Waals surface area contributed by atoms with Crippen molar-refractivity contribution < 1.29 is 9.53 Å². The first-order valence-electron chi connectivity index (χ1n) is 7.48. The molecule has 0 aliphatic rings. The van der Waals surface area contributed by atoms with Crippen LogP contribution in [0.5, 0.6) is 11.5 Å². The van der Waals surface area contributed by atoms with Gasteiger partial charge in [0, 0.05) is 23.2 Å². The van der Waals surface area contributed by atoms with Gasteiger partial charge in [-0.1, -0.05) is 12.1 Å². The van der Waals surface area contributed by atoms with E-state index in [1.54, 1.807) is 42.2 Å². The highest BCUT2D eigenvalue weighted by atomic mass is 32.1. The summed E-state index contributed by atoms with van der Waals surface area (Å²) in [4.78, 5) is 24.4. The molecule has 3 heterocycles. The molecule has 0 saturated carbocycles. The van der Waals surface area contributed by atoms with Crippen molar-refractivity contribution in [3.63, 3.8) is 0 Å². The molecule has 0 fully saturated rings. The van der Waals surface area contributed by atoms with Gasteiger partial charge in [-0.2, -0.15) is 0 Å². The molecule has 3 aromatic heterocycles. The van der Waals surface area contributed by atoms with Gasteiger partial charge in [0.1, 0.15) is 17.3 Å². The first-order chi connectivity index (χ1) is 12.3. The molecule has 0 aliphatic carbocycles. The summed E-state index contributed by atoms with van der Waals surface area (Å²) >= 11 is 1.27. The van der Waals surface area contributed by atoms with E-state index in [2.05, 4.69) is 20.3 Å². The van der Waals surface area contributed by atoms with Crippen LogP contribution in [0.15, 0.2) is 66.4 Å². The lowest BCUT2D eigenvalue weighted by atomic mass is 10.2. The summed E-state index contributed by atoms with van der Waals surface area (Å²) in [5.74, 6) is 1.43. The average molecular weight is 348 g/mol. The molecule has 6 nitrogen and oxygen atoms in total. The Hall–Kier alpha value is -3.32. The third-order valence-corrected chi connectivity index (χ3v) is 4.21. The summed E-state index contributed by atoms with van der Waals surface area (Å²) < 4.78 is 5.90. The first kappa shape index (κ1) is 15.2. The highest BCUT2D eigenvalue weighted by molar-refractivity contribution is 7.11. The Morgan fingerprint density at radius 1 is 1.00 bits per heavy atom. The number of carbonyl (C=O) groups is 1. The summed E-state index contributed by atoms with van der Waals surface area (Å²) in [5, 5.41) is 5.76. The lowest BCUT2D eigenvalue weighted by Gasteiger charge is -2.09. The van der Waals surface area contributed by atoms with Crippen molar-refractivity contribution in [3.05, 3.63) is 71.4 Å². The third-order valence-electron chi connectivity index (χ3n) is 3.44. The predicted octanol–water partition coefficient (Wildman–Crippen LogP) is 4.13. The number of nitrogens with one attached hydrogen (secondary N) is 1. The second-order valence-corrected chi connectivity index (χ2v) is 5.99. The number of benzene rings is 1. The monoisotopic (exact) mass is 348 g/mol. The van der Waals surface area contributed by atoms with Crippen LogP contribution in [-0.4, -0.2) is 20.9 Å². The van der Waals surface area contributed by atoms with Gasteiger partial charge in [0.15, 0.2) is 5.01 Å². The second-order valence-electron chi connectivity index (χ2n) is 5.10. The maximum Gasteiger partial charge on any atom is 0.285 e. The number of aromatic nitrogens is 3. The topological polar surface area (TPSA) is 77.0 Å². The molecule has 4 aromatic rings. The molecule has 0 unspecified atom stereocenters. The maximum absolute atomic E-state index is 12.0. The number of ether oxygens (including phenoxy) is 1. The van der Waals surface area contributed by atoms with E-state index in [4.69, 9.17) is 4.74 Å². The van der Waals surface area contributed by atoms with Gasteiger partial charge in [-0.25, -0.2) is 9.97 Å². The highest BCUT2D eigenvalue weighted by Crippen LogP contribution is 2.28. The fourth-order valence-corrected chi connectivity index (χ4v) is 2.84. The van der Waals surface area contributed by atoms with Crippen molar-refractivity contribution in [3.8, 4) is 11.5 Å². The number of nitrogens with zero attached hydrogens (tertiary/aromatic N) is 3. The predicted molar refractivity (Wildman–Crippen MR) is 96.1 cm³/mol. The molecule has 7 heteroatoms. The highest BCUT2D eigenvalue weighted by Gasteiger charge is 2.10. The van der Waals surface area contributed by atoms with Crippen LogP contribution >= 0.6 is 11.3 Å². The van der Waals surface area contributed by atoms with Crippen LogP contribution in [-0.2, 0) is 0 Å². The zero-order chi connectivity index (χ0) is 17.1. The van der Waals surface area contributed by atoms with E-state index in [-0.39, 0.29) is 5.91 Å². The first-order valence-corrected chi connectivity index (χ1v) is 8.36. The number of pyridine rings is 2. The zero-order valence-corrected chi connectivity index (χ0v) is 13.7. The number of rotatable bonds is 4. The van der Waals surface area contributed by atoms with Gasteiger partial charge in [-0.05, 0) is 30.3 Å². The summed E-state index contributed by atoms with van der Waals surface area (Å²) in [5.41, 5.74) is 0.861. The fraction of sp³-hybridized carbons (Fsp3) is 0. The number of hydrogen-bond acceptors (Lipinski definition) is 6. The number of carbonyl (C=O) groups excluding carboxylic acids is 1. The molecular formula is C18H12N4O2S. The van der Waals surface area contributed by atoms with Crippen LogP contribution in [0.4, 0.5) is 5.82 Å². The zero-order valence-electron chi connectivity index (χ0n) is 12.9. The van der Waals surface area contributed by atoms with Crippen LogP contribution in [0.3, 0.4) is 0 Å². The van der Waals surface area contributed by atoms with Gasteiger partial charge in [-0.15, -0.1) is 11.3 Å². The molecule has 0 bridgehead atoms. The molecule has 0 aliphatic heterocycles. The molecule has 0 saturated heterocycles. The Morgan fingerprint density at radius 2 is 1.92 bits per heavy atom. The smallest absolute Gasteiger partial charge is 0.285 e. The number of amides is 1. The summed E-state index contributed by atoms with van der Waals surface area (Å²) in [7, 11) is 0.